The highest BCUT2D eigenvalue weighted by molar-refractivity contribution is 6.41. The molecule has 0 bridgehead atoms. The van der Waals surface area contributed by atoms with Crippen LogP contribution >= 0.6 is 0 Å². The summed E-state index contributed by atoms with van der Waals surface area (Å²) in [6.07, 6.45) is 0. The number of ketones is 2. The van der Waals surface area contributed by atoms with Crippen LogP contribution in [0.1, 0.15) is 36.6 Å². The second kappa shape index (κ2) is 8.28. The van der Waals surface area contributed by atoms with Crippen molar-refractivity contribution in [1.82, 2.24) is 5.32 Å². The zero-order chi connectivity index (χ0) is 22.0. The lowest BCUT2D eigenvalue weighted by Gasteiger charge is -2.22. The minimum Gasteiger partial charge on any atom is -0.497 e. The van der Waals surface area contributed by atoms with Gasteiger partial charge in [0.25, 0.3) is 5.91 Å². The number of rotatable bonds is 5. The number of carbonyl (C=O) groups is 3. The molecule has 0 spiro atoms. The van der Waals surface area contributed by atoms with Gasteiger partial charge in [-0.1, -0.05) is 48.5 Å². The molecular formula is C25H19NO5. The van der Waals surface area contributed by atoms with Gasteiger partial charge in [-0.15, -0.1) is 0 Å². The molecule has 1 aliphatic rings. The van der Waals surface area contributed by atoms with E-state index in [2.05, 4.69) is 5.32 Å². The minimum atomic E-state index is -0.543. The third-order valence-electron chi connectivity index (χ3n) is 5.09. The molecular weight excluding hydrogens is 394 g/mol. The summed E-state index contributed by atoms with van der Waals surface area (Å²) in [6.45, 7) is 0. The van der Waals surface area contributed by atoms with Gasteiger partial charge < -0.3 is 14.8 Å². The number of benzene rings is 3. The average Bonchev–Trinajstić information content (AvgIpc) is 2.82. The fourth-order valence-corrected chi connectivity index (χ4v) is 3.54. The first-order chi connectivity index (χ1) is 15.0. The molecule has 0 heterocycles. The van der Waals surface area contributed by atoms with E-state index in [1.807, 2.05) is 0 Å². The van der Waals surface area contributed by atoms with Crippen molar-refractivity contribution in [2.45, 2.75) is 0 Å². The maximum atomic E-state index is 13.4. The predicted octanol–water partition coefficient (Wildman–Crippen LogP) is 3.92. The summed E-state index contributed by atoms with van der Waals surface area (Å²) >= 11 is 0. The van der Waals surface area contributed by atoms with Gasteiger partial charge in [0, 0.05) is 11.1 Å². The Morgan fingerprint density at radius 3 is 2.00 bits per heavy atom. The van der Waals surface area contributed by atoms with Crippen LogP contribution in [0.4, 0.5) is 0 Å². The van der Waals surface area contributed by atoms with E-state index in [0.717, 1.165) is 0 Å². The molecule has 0 radical (unpaired) electrons. The molecule has 4 rings (SSSR count). The number of fused-ring (bicyclic) bond motifs is 1. The Bertz CT molecular complexity index is 1220. The number of hydrogen-bond donors (Lipinski definition) is 1. The van der Waals surface area contributed by atoms with Crippen molar-refractivity contribution in [3.8, 4) is 11.5 Å². The fraction of sp³-hybridized carbons (Fsp3) is 0.0800. The minimum absolute atomic E-state index is 0.0650. The molecule has 1 N–H and O–H groups in total. The Balaban J connectivity index is 1.85. The number of allylic oxidation sites excluding steroid dienone is 2. The number of nitrogens with one attached hydrogen (secondary N) is 1. The predicted molar refractivity (Wildman–Crippen MR) is 115 cm³/mol. The van der Waals surface area contributed by atoms with Crippen molar-refractivity contribution >= 4 is 23.0 Å². The molecule has 0 atom stereocenters. The van der Waals surface area contributed by atoms with Gasteiger partial charge in [-0.2, -0.15) is 0 Å². The maximum Gasteiger partial charge on any atom is 0.259 e. The smallest absolute Gasteiger partial charge is 0.259 e. The fourth-order valence-electron chi connectivity index (χ4n) is 3.54. The van der Waals surface area contributed by atoms with Gasteiger partial charge in [-0.05, 0) is 29.8 Å². The molecule has 0 unspecified atom stereocenters. The van der Waals surface area contributed by atoms with Crippen molar-refractivity contribution in [2.75, 3.05) is 14.2 Å². The molecule has 0 saturated heterocycles. The summed E-state index contributed by atoms with van der Waals surface area (Å²) < 4.78 is 10.4. The molecule has 1 aliphatic carbocycles. The van der Waals surface area contributed by atoms with Crippen molar-refractivity contribution < 1.29 is 23.9 Å². The quantitative estimate of drug-likeness (QED) is 0.686. The van der Waals surface area contributed by atoms with Crippen LogP contribution < -0.4 is 14.8 Å². The van der Waals surface area contributed by atoms with Gasteiger partial charge in [0.2, 0.25) is 5.78 Å². The van der Waals surface area contributed by atoms with E-state index in [4.69, 9.17) is 9.47 Å². The number of carbonyl (C=O) groups excluding carboxylic acids is 3. The Labute approximate surface area is 179 Å². The van der Waals surface area contributed by atoms with Crippen molar-refractivity contribution in [3.05, 3.63) is 101 Å². The second-order valence-electron chi connectivity index (χ2n) is 6.84. The van der Waals surface area contributed by atoms with E-state index in [0.29, 0.717) is 22.6 Å². The van der Waals surface area contributed by atoms with Gasteiger partial charge in [0.05, 0.1) is 25.4 Å². The summed E-state index contributed by atoms with van der Waals surface area (Å²) in [4.78, 5) is 39.7. The van der Waals surface area contributed by atoms with Crippen molar-refractivity contribution in [1.29, 1.82) is 0 Å². The largest absolute Gasteiger partial charge is 0.497 e. The lowest BCUT2D eigenvalue weighted by atomic mass is 9.84. The number of methoxy groups -OCH3 is 2. The van der Waals surface area contributed by atoms with E-state index >= 15 is 0 Å². The van der Waals surface area contributed by atoms with E-state index in [9.17, 15) is 14.4 Å². The third kappa shape index (κ3) is 3.59. The molecule has 154 valence electrons. The van der Waals surface area contributed by atoms with Crippen LogP contribution in [0.2, 0.25) is 0 Å². The Morgan fingerprint density at radius 2 is 1.35 bits per heavy atom. The number of hydrogen-bond acceptors (Lipinski definition) is 5. The molecule has 0 aromatic heterocycles. The highest BCUT2D eigenvalue weighted by Crippen LogP contribution is 2.32. The van der Waals surface area contributed by atoms with Crippen LogP contribution in [0.25, 0.3) is 5.57 Å². The average molecular weight is 413 g/mol. The first kappa shape index (κ1) is 20.1. The summed E-state index contributed by atoms with van der Waals surface area (Å²) in [5.74, 6) is -0.334. The molecule has 0 saturated carbocycles. The molecule has 1 amide bonds. The summed E-state index contributed by atoms with van der Waals surface area (Å²) in [5.41, 5.74) is 1.38. The zero-order valence-electron chi connectivity index (χ0n) is 17.0. The van der Waals surface area contributed by atoms with Crippen LogP contribution in [0, 0.1) is 0 Å². The molecule has 6 nitrogen and oxygen atoms in total. The zero-order valence-corrected chi connectivity index (χ0v) is 17.0. The highest BCUT2D eigenvalue weighted by Gasteiger charge is 2.34. The first-order valence-electron chi connectivity index (χ1n) is 9.56. The monoisotopic (exact) mass is 413 g/mol. The highest BCUT2D eigenvalue weighted by atomic mass is 16.5. The van der Waals surface area contributed by atoms with Crippen molar-refractivity contribution in [3.63, 3.8) is 0 Å². The Hall–Kier alpha value is -4.19. The van der Waals surface area contributed by atoms with Crippen LogP contribution in [-0.2, 0) is 0 Å². The van der Waals surface area contributed by atoms with Gasteiger partial charge >= 0.3 is 0 Å². The summed E-state index contributed by atoms with van der Waals surface area (Å²) in [5, 5.41) is 2.67. The summed E-state index contributed by atoms with van der Waals surface area (Å²) in [6, 6.07) is 20.0. The molecule has 0 aliphatic heterocycles. The molecule has 3 aromatic carbocycles. The van der Waals surface area contributed by atoms with Crippen LogP contribution in [0.3, 0.4) is 0 Å². The van der Waals surface area contributed by atoms with Crippen LogP contribution in [-0.4, -0.2) is 31.7 Å². The third-order valence-corrected chi connectivity index (χ3v) is 5.09. The van der Waals surface area contributed by atoms with E-state index in [-0.39, 0.29) is 28.2 Å². The normalized spacial score (nSPS) is 13.0. The van der Waals surface area contributed by atoms with Crippen LogP contribution in [0.15, 0.2) is 78.5 Å². The van der Waals surface area contributed by atoms with E-state index in [1.165, 1.54) is 7.11 Å². The Morgan fingerprint density at radius 1 is 0.742 bits per heavy atom. The van der Waals surface area contributed by atoms with Gasteiger partial charge in [-0.25, -0.2) is 0 Å². The SMILES string of the molecule is COc1ccc(C2=C(NC(=O)c3ccccc3OC)C(=O)c3ccccc3C2=O)cc1. The van der Waals surface area contributed by atoms with Crippen LogP contribution in [0.5, 0.6) is 11.5 Å². The first-order valence-corrected chi connectivity index (χ1v) is 9.56. The topological polar surface area (TPSA) is 81.7 Å². The number of amides is 1. The Kier molecular flexibility index (Phi) is 5.37. The molecule has 6 heteroatoms. The lowest BCUT2D eigenvalue weighted by molar-refractivity contribution is 0.0925. The van der Waals surface area contributed by atoms with E-state index < -0.39 is 11.7 Å². The molecule has 3 aromatic rings. The van der Waals surface area contributed by atoms with Gasteiger partial charge in [0.1, 0.15) is 17.2 Å². The summed E-state index contributed by atoms with van der Waals surface area (Å²) in [7, 11) is 3.00. The molecule has 31 heavy (non-hydrogen) atoms. The van der Waals surface area contributed by atoms with Gasteiger partial charge in [0.15, 0.2) is 5.78 Å². The maximum absolute atomic E-state index is 13.4. The van der Waals surface area contributed by atoms with Crippen molar-refractivity contribution in [2.24, 2.45) is 0 Å². The number of Topliss-reactive ketones (excluding diaryl/α,β-unsaturated/α-hetero) is 2. The number of ether oxygens (including phenoxy) is 2. The standard InChI is InChI=1S/C25H19NO5/c1-30-16-13-11-15(12-14-16)21-22(24(28)18-8-4-3-7-17(18)23(21)27)26-25(29)19-9-5-6-10-20(19)31-2/h3-14H,1-2H3,(H,26,29). The van der Waals surface area contributed by atoms with Gasteiger partial charge in [-0.3, -0.25) is 14.4 Å². The van der Waals surface area contributed by atoms with E-state index in [1.54, 1.807) is 79.9 Å². The second-order valence-corrected chi connectivity index (χ2v) is 6.84. The number of para-hydroxylation sites is 1. The molecule has 0 fully saturated rings. The lowest BCUT2D eigenvalue weighted by Crippen LogP contribution is -2.33.